The van der Waals surface area contributed by atoms with E-state index in [0.717, 1.165) is 51.7 Å². The molecule has 3 heterocycles. The zero-order chi connectivity index (χ0) is 22.2. The molecule has 2 aliphatic heterocycles. The monoisotopic (exact) mass is 425 g/mol. The van der Waals surface area contributed by atoms with E-state index in [1.165, 1.54) is 0 Å². The summed E-state index contributed by atoms with van der Waals surface area (Å²) in [5, 5.41) is 12.0. The molecule has 2 aliphatic rings. The number of amides is 1. The van der Waals surface area contributed by atoms with Crippen molar-refractivity contribution in [3.63, 3.8) is 0 Å². The number of aliphatic imine (C=N–C) groups is 1. The number of allylic oxidation sites excluding steroid dienone is 1. The number of carbonyl (C=O) groups excluding carboxylic acids is 1. The lowest BCUT2D eigenvalue weighted by Gasteiger charge is -2.28. The Morgan fingerprint density at radius 2 is 1.81 bits per heavy atom. The first-order chi connectivity index (χ1) is 15.6. The number of likely N-dealkylation sites (N-methyl/N-ethyl adjacent to an activating group) is 1. The van der Waals surface area contributed by atoms with Crippen molar-refractivity contribution >= 4 is 28.0 Å². The highest BCUT2D eigenvalue weighted by Crippen LogP contribution is 2.41. The van der Waals surface area contributed by atoms with Crippen molar-refractivity contribution < 1.29 is 9.90 Å². The van der Waals surface area contributed by atoms with Crippen molar-refractivity contribution in [3.8, 4) is 0 Å². The Morgan fingerprint density at radius 3 is 2.53 bits per heavy atom. The first kappa shape index (κ1) is 20.7. The quantitative estimate of drug-likeness (QED) is 0.684. The topological polar surface area (TPSA) is 65.8 Å². The molecule has 0 bridgehead atoms. The Morgan fingerprint density at radius 1 is 1.06 bits per heavy atom. The molecule has 5 nitrogen and oxygen atoms in total. The molecule has 5 heteroatoms. The van der Waals surface area contributed by atoms with Crippen molar-refractivity contribution in [1.82, 2.24) is 9.88 Å². The molecule has 1 fully saturated rings. The van der Waals surface area contributed by atoms with E-state index in [-0.39, 0.29) is 24.5 Å². The van der Waals surface area contributed by atoms with Gasteiger partial charge in [-0.3, -0.25) is 9.78 Å². The fraction of sp³-hybridized carbons (Fsp3) is 0.296. The molecule has 1 aromatic heterocycles. The molecule has 32 heavy (non-hydrogen) atoms. The zero-order valence-corrected chi connectivity index (χ0v) is 18.4. The summed E-state index contributed by atoms with van der Waals surface area (Å²) in [5.41, 5.74) is 4.89. The number of hydrogen-bond acceptors (Lipinski definition) is 4. The van der Waals surface area contributed by atoms with Gasteiger partial charge in [0.15, 0.2) is 0 Å². The van der Waals surface area contributed by atoms with E-state index in [4.69, 9.17) is 0 Å². The van der Waals surface area contributed by atoms with Crippen LogP contribution in [0.4, 0.5) is 0 Å². The number of likely N-dealkylation sites (tertiary alicyclic amines) is 1. The predicted molar refractivity (Wildman–Crippen MR) is 128 cm³/mol. The van der Waals surface area contributed by atoms with Crippen LogP contribution in [0.5, 0.6) is 0 Å². The molecule has 162 valence electrons. The van der Waals surface area contributed by atoms with Crippen LogP contribution in [0.3, 0.4) is 0 Å². The largest absolute Gasteiger partial charge is 0.395 e. The molecule has 0 spiro atoms. The van der Waals surface area contributed by atoms with Gasteiger partial charge in [-0.1, -0.05) is 42.5 Å². The highest BCUT2D eigenvalue weighted by Gasteiger charge is 2.39. The molecule has 3 atom stereocenters. The molecule has 3 unspecified atom stereocenters. The molecule has 0 saturated carbocycles. The second-order valence-electron chi connectivity index (χ2n) is 8.86. The fourth-order valence-corrected chi connectivity index (χ4v) is 5.25. The van der Waals surface area contributed by atoms with Gasteiger partial charge in [-0.15, -0.1) is 0 Å². The van der Waals surface area contributed by atoms with Gasteiger partial charge in [0, 0.05) is 30.9 Å². The second-order valence-corrected chi connectivity index (χ2v) is 8.86. The number of aromatic nitrogens is 1. The van der Waals surface area contributed by atoms with Gasteiger partial charge >= 0.3 is 0 Å². The van der Waals surface area contributed by atoms with E-state index >= 15 is 0 Å². The fourth-order valence-electron chi connectivity index (χ4n) is 5.25. The smallest absolute Gasteiger partial charge is 0.257 e. The summed E-state index contributed by atoms with van der Waals surface area (Å²) in [6, 6.07) is 18.5. The van der Waals surface area contributed by atoms with Crippen molar-refractivity contribution in [2.75, 3.05) is 20.2 Å². The SMILES string of the molecule is CC1=C(c2ccncc2)C(c2ccc3ccccc3c2)C(=O)N=C1C1CC(CO)N(C)C1. The molecule has 5 rings (SSSR count). The third kappa shape index (κ3) is 3.57. The van der Waals surface area contributed by atoms with Crippen molar-refractivity contribution in [2.24, 2.45) is 10.9 Å². The van der Waals surface area contributed by atoms with Gasteiger partial charge in [-0.25, -0.2) is 4.99 Å². The maximum absolute atomic E-state index is 13.6. The zero-order valence-electron chi connectivity index (χ0n) is 18.4. The summed E-state index contributed by atoms with van der Waals surface area (Å²) in [5.74, 6) is -0.434. The number of nitrogens with zero attached hydrogens (tertiary/aromatic N) is 3. The summed E-state index contributed by atoms with van der Waals surface area (Å²) in [6.45, 7) is 2.99. The molecular formula is C27H27N3O2. The number of pyridine rings is 1. The number of dihydropyridines is 1. The maximum Gasteiger partial charge on any atom is 0.257 e. The molecule has 3 aromatic rings. The summed E-state index contributed by atoms with van der Waals surface area (Å²) >= 11 is 0. The number of carbonyl (C=O) groups is 1. The molecule has 2 aromatic carbocycles. The van der Waals surface area contributed by atoms with Crippen LogP contribution in [0.1, 0.15) is 30.4 Å². The molecule has 0 radical (unpaired) electrons. The summed E-state index contributed by atoms with van der Waals surface area (Å²) in [6.07, 6.45) is 4.35. The minimum Gasteiger partial charge on any atom is -0.395 e. The van der Waals surface area contributed by atoms with E-state index in [1.54, 1.807) is 12.4 Å². The van der Waals surface area contributed by atoms with Crippen LogP contribution in [-0.4, -0.2) is 52.9 Å². The third-order valence-corrected chi connectivity index (χ3v) is 6.94. The van der Waals surface area contributed by atoms with Crippen LogP contribution in [-0.2, 0) is 4.79 Å². The van der Waals surface area contributed by atoms with E-state index < -0.39 is 5.92 Å². The number of fused-ring (bicyclic) bond motifs is 1. The van der Waals surface area contributed by atoms with Gasteiger partial charge in [0.05, 0.1) is 18.2 Å². The first-order valence-corrected chi connectivity index (χ1v) is 11.1. The lowest BCUT2D eigenvalue weighted by Crippen LogP contribution is -2.29. The van der Waals surface area contributed by atoms with Crippen LogP contribution >= 0.6 is 0 Å². The first-order valence-electron chi connectivity index (χ1n) is 11.1. The van der Waals surface area contributed by atoms with Gasteiger partial charge in [0.2, 0.25) is 0 Å². The maximum atomic E-state index is 13.6. The highest BCUT2D eigenvalue weighted by molar-refractivity contribution is 6.20. The number of aliphatic hydroxyl groups is 1. The lowest BCUT2D eigenvalue weighted by molar-refractivity contribution is -0.118. The van der Waals surface area contributed by atoms with E-state index in [0.29, 0.717) is 0 Å². The van der Waals surface area contributed by atoms with Crippen LogP contribution in [0.15, 0.2) is 77.6 Å². The highest BCUT2D eigenvalue weighted by atomic mass is 16.3. The number of rotatable bonds is 4. The molecule has 0 aliphatic carbocycles. The lowest BCUT2D eigenvalue weighted by atomic mass is 9.78. The van der Waals surface area contributed by atoms with Crippen LogP contribution in [0.2, 0.25) is 0 Å². The molecular weight excluding hydrogens is 398 g/mol. The summed E-state index contributed by atoms with van der Waals surface area (Å²) in [4.78, 5) is 24.6. The van der Waals surface area contributed by atoms with Crippen molar-refractivity contribution in [3.05, 3.63) is 83.7 Å². The van der Waals surface area contributed by atoms with Crippen molar-refractivity contribution in [1.29, 1.82) is 0 Å². The van der Waals surface area contributed by atoms with Crippen molar-refractivity contribution in [2.45, 2.75) is 25.3 Å². The Hall–Kier alpha value is -3.15. The summed E-state index contributed by atoms with van der Waals surface area (Å²) in [7, 11) is 2.02. The minimum absolute atomic E-state index is 0.105. The van der Waals surface area contributed by atoms with Gasteiger partial charge in [0.25, 0.3) is 5.91 Å². The number of aliphatic hydroxyl groups excluding tert-OH is 1. The van der Waals surface area contributed by atoms with Gasteiger partial charge < -0.3 is 10.0 Å². The van der Waals surface area contributed by atoms with E-state index in [2.05, 4.69) is 46.1 Å². The predicted octanol–water partition coefficient (Wildman–Crippen LogP) is 4.09. The molecule has 1 N–H and O–H groups in total. The number of hydrogen-bond donors (Lipinski definition) is 1. The van der Waals surface area contributed by atoms with E-state index in [9.17, 15) is 9.90 Å². The Labute approximate surface area is 188 Å². The number of benzene rings is 2. The Bertz CT molecular complexity index is 1230. The average Bonchev–Trinajstić information content (AvgIpc) is 3.20. The Kier molecular flexibility index (Phi) is 5.45. The van der Waals surface area contributed by atoms with Gasteiger partial charge in [-0.2, -0.15) is 0 Å². The third-order valence-electron chi connectivity index (χ3n) is 6.94. The standard InChI is InChI=1S/C27H27N3O2/c1-17-24(19-9-11-28-12-10-19)25(21-8-7-18-5-3-4-6-20(18)13-21)27(32)29-26(17)22-14-23(16-31)30(2)15-22/h3-13,22-23,25,31H,14-16H2,1-2H3. The Balaban J connectivity index is 1.63. The van der Waals surface area contributed by atoms with Crippen LogP contribution < -0.4 is 0 Å². The van der Waals surface area contributed by atoms with Crippen LogP contribution in [0, 0.1) is 5.92 Å². The molecule has 1 amide bonds. The average molecular weight is 426 g/mol. The van der Waals surface area contributed by atoms with E-state index in [1.807, 2.05) is 37.4 Å². The van der Waals surface area contributed by atoms with Crippen LogP contribution in [0.25, 0.3) is 16.3 Å². The second kappa shape index (κ2) is 8.41. The van der Waals surface area contributed by atoms with Gasteiger partial charge in [0.1, 0.15) is 0 Å². The minimum atomic E-state index is -0.446. The molecule has 1 saturated heterocycles. The summed E-state index contributed by atoms with van der Waals surface area (Å²) < 4.78 is 0. The normalized spacial score (nSPS) is 24.3. The van der Waals surface area contributed by atoms with Gasteiger partial charge in [-0.05, 0) is 65.6 Å².